The molecule has 0 spiro atoms. The molecule has 1 heteroatoms. The molecule has 1 aliphatic carbocycles. The van der Waals surface area contributed by atoms with Gasteiger partial charge in [0.1, 0.15) is 6.10 Å². The minimum atomic E-state index is 0.455. The molecular weight excluding hydrogens is 184 g/mol. The van der Waals surface area contributed by atoms with E-state index < -0.39 is 0 Å². The van der Waals surface area contributed by atoms with Crippen molar-refractivity contribution in [1.29, 1.82) is 0 Å². The van der Waals surface area contributed by atoms with E-state index in [0.29, 0.717) is 6.10 Å². The molecule has 1 saturated carbocycles. The zero-order chi connectivity index (χ0) is 11.3. The highest BCUT2D eigenvalue weighted by Gasteiger charge is 2.31. The molecule has 0 radical (unpaired) electrons. The Morgan fingerprint density at radius 2 is 2.07 bits per heavy atom. The van der Waals surface area contributed by atoms with Gasteiger partial charge in [0, 0.05) is 0 Å². The summed E-state index contributed by atoms with van der Waals surface area (Å²) in [5.41, 5.74) is 0. The van der Waals surface area contributed by atoms with Gasteiger partial charge in [-0.3, -0.25) is 0 Å². The van der Waals surface area contributed by atoms with Crippen molar-refractivity contribution in [1.82, 2.24) is 0 Å². The molecule has 0 aromatic carbocycles. The van der Waals surface area contributed by atoms with Crippen LogP contribution < -0.4 is 0 Å². The molecule has 88 valence electrons. The van der Waals surface area contributed by atoms with Crippen molar-refractivity contribution in [2.75, 3.05) is 0 Å². The van der Waals surface area contributed by atoms with Gasteiger partial charge in [-0.05, 0) is 37.0 Å². The lowest BCUT2D eigenvalue weighted by molar-refractivity contribution is 0.0133. The van der Waals surface area contributed by atoms with Crippen LogP contribution in [0.2, 0.25) is 0 Å². The Kier molecular flexibility index (Phi) is 5.21. The Bertz CT molecular complexity index is 196. The molecular formula is C14H26O. The van der Waals surface area contributed by atoms with Gasteiger partial charge in [-0.25, -0.2) is 0 Å². The summed E-state index contributed by atoms with van der Waals surface area (Å²) < 4.78 is 5.89. The lowest BCUT2D eigenvalue weighted by Gasteiger charge is -2.36. The number of allylic oxidation sites excluding steroid dienone is 1. The van der Waals surface area contributed by atoms with Crippen LogP contribution in [0.3, 0.4) is 0 Å². The maximum Gasteiger partial charge on any atom is 0.101 e. The Balaban J connectivity index is 2.50. The van der Waals surface area contributed by atoms with Crippen molar-refractivity contribution in [3.8, 4) is 0 Å². The van der Waals surface area contributed by atoms with Gasteiger partial charge >= 0.3 is 0 Å². The SMILES string of the molecule is CC/C=C\O[C@@H]1C[C@H](C)CC[C@H]1C(C)C. The Labute approximate surface area is 94.9 Å². The molecule has 0 N–H and O–H groups in total. The number of hydrogen-bond acceptors (Lipinski definition) is 1. The predicted octanol–water partition coefficient (Wildman–Crippen LogP) is 4.39. The van der Waals surface area contributed by atoms with E-state index in [1.54, 1.807) is 0 Å². The molecule has 0 aromatic rings. The molecule has 1 nitrogen and oxygen atoms in total. The van der Waals surface area contributed by atoms with Gasteiger partial charge in [0.15, 0.2) is 0 Å². The Hall–Kier alpha value is -0.460. The molecule has 15 heavy (non-hydrogen) atoms. The number of rotatable bonds is 4. The number of ether oxygens (including phenoxy) is 1. The van der Waals surface area contributed by atoms with Gasteiger partial charge in [-0.15, -0.1) is 0 Å². The van der Waals surface area contributed by atoms with E-state index >= 15 is 0 Å². The van der Waals surface area contributed by atoms with Crippen LogP contribution in [0.1, 0.15) is 53.4 Å². The first-order valence-corrected chi connectivity index (χ1v) is 6.45. The van der Waals surface area contributed by atoms with Crippen LogP contribution in [0.15, 0.2) is 12.3 Å². The third-order valence-corrected chi connectivity index (χ3v) is 3.55. The van der Waals surface area contributed by atoms with Crippen molar-refractivity contribution in [3.63, 3.8) is 0 Å². The fraction of sp³-hybridized carbons (Fsp3) is 0.857. The lowest BCUT2D eigenvalue weighted by Crippen LogP contribution is -2.33. The highest BCUT2D eigenvalue weighted by atomic mass is 16.5. The fourth-order valence-corrected chi connectivity index (χ4v) is 2.52. The molecule has 0 bridgehead atoms. The first-order chi connectivity index (χ1) is 7.15. The summed E-state index contributed by atoms with van der Waals surface area (Å²) in [5, 5.41) is 0. The van der Waals surface area contributed by atoms with Crippen LogP contribution in [0.4, 0.5) is 0 Å². The molecule has 0 saturated heterocycles. The second kappa shape index (κ2) is 6.19. The average Bonchev–Trinajstić information content (AvgIpc) is 2.18. The van der Waals surface area contributed by atoms with Crippen LogP contribution in [0.5, 0.6) is 0 Å². The van der Waals surface area contributed by atoms with Crippen LogP contribution in [-0.2, 0) is 4.74 Å². The molecule has 1 fully saturated rings. The minimum Gasteiger partial charge on any atom is -0.498 e. The summed E-state index contributed by atoms with van der Waals surface area (Å²) >= 11 is 0. The van der Waals surface area contributed by atoms with E-state index in [-0.39, 0.29) is 0 Å². The summed E-state index contributed by atoms with van der Waals surface area (Å²) in [6.45, 7) is 9.13. The van der Waals surface area contributed by atoms with E-state index in [4.69, 9.17) is 4.74 Å². The summed E-state index contributed by atoms with van der Waals surface area (Å²) in [6, 6.07) is 0. The Morgan fingerprint density at radius 1 is 1.33 bits per heavy atom. The highest BCUT2D eigenvalue weighted by molar-refractivity contribution is 4.84. The normalized spacial score (nSPS) is 32.5. The quantitative estimate of drug-likeness (QED) is 0.625. The van der Waals surface area contributed by atoms with Gasteiger partial charge in [0.05, 0.1) is 6.26 Å². The predicted molar refractivity (Wildman–Crippen MR) is 65.6 cm³/mol. The number of hydrogen-bond donors (Lipinski definition) is 0. The highest BCUT2D eigenvalue weighted by Crippen LogP contribution is 2.35. The molecule has 0 aromatic heterocycles. The van der Waals surface area contributed by atoms with Gasteiger partial charge in [0.2, 0.25) is 0 Å². The minimum absolute atomic E-state index is 0.455. The van der Waals surface area contributed by atoms with Crippen LogP contribution >= 0.6 is 0 Å². The van der Waals surface area contributed by atoms with Crippen molar-refractivity contribution in [2.45, 2.75) is 59.5 Å². The fourth-order valence-electron chi connectivity index (χ4n) is 2.52. The standard InChI is InChI=1S/C14H26O/c1-5-6-9-15-14-10-12(4)7-8-13(14)11(2)3/h6,9,11-14H,5,7-8,10H2,1-4H3/b9-6-/t12-,13+,14-/m1/s1. The molecule has 0 amide bonds. The third kappa shape index (κ3) is 3.89. The zero-order valence-corrected chi connectivity index (χ0v) is 10.7. The van der Waals surface area contributed by atoms with E-state index in [2.05, 4.69) is 33.8 Å². The van der Waals surface area contributed by atoms with Gasteiger partial charge < -0.3 is 4.74 Å². The van der Waals surface area contributed by atoms with Crippen molar-refractivity contribution >= 4 is 0 Å². The summed E-state index contributed by atoms with van der Waals surface area (Å²) in [4.78, 5) is 0. The van der Waals surface area contributed by atoms with E-state index in [1.165, 1.54) is 19.3 Å². The molecule has 1 aliphatic rings. The molecule has 0 unspecified atom stereocenters. The third-order valence-electron chi connectivity index (χ3n) is 3.55. The zero-order valence-electron chi connectivity index (χ0n) is 10.7. The average molecular weight is 210 g/mol. The first-order valence-electron chi connectivity index (χ1n) is 6.45. The van der Waals surface area contributed by atoms with E-state index in [9.17, 15) is 0 Å². The smallest absolute Gasteiger partial charge is 0.101 e. The largest absolute Gasteiger partial charge is 0.498 e. The first kappa shape index (κ1) is 12.6. The maximum absolute atomic E-state index is 5.89. The monoisotopic (exact) mass is 210 g/mol. The molecule has 1 rings (SSSR count). The van der Waals surface area contributed by atoms with Gasteiger partial charge in [0.25, 0.3) is 0 Å². The van der Waals surface area contributed by atoms with Crippen LogP contribution in [0.25, 0.3) is 0 Å². The lowest BCUT2D eigenvalue weighted by atomic mass is 9.75. The van der Waals surface area contributed by atoms with E-state index in [0.717, 1.165) is 24.2 Å². The van der Waals surface area contributed by atoms with Gasteiger partial charge in [-0.2, -0.15) is 0 Å². The van der Waals surface area contributed by atoms with Crippen molar-refractivity contribution < 1.29 is 4.74 Å². The molecule has 0 heterocycles. The van der Waals surface area contributed by atoms with Gasteiger partial charge in [-0.1, -0.05) is 40.2 Å². The Morgan fingerprint density at radius 3 is 2.67 bits per heavy atom. The summed E-state index contributed by atoms with van der Waals surface area (Å²) in [5.74, 6) is 2.33. The summed E-state index contributed by atoms with van der Waals surface area (Å²) in [6.07, 6.45) is 9.49. The second-order valence-corrected chi connectivity index (χ2v) is 5.28. The van der Waals surface area contributed by atoms with Crippen LogP contribution in [0, 0.1) is 17.8 Å². The topological polar surface area (TPSA) is 9.23 Å². The molecule has 0 aliphatic heterocycles. The van der Waals surface area contributed by atoms with Crippen molar-refractivity contribution in [2.24, 2.45) is 17.8 Å². The van der Waals surface area contributed by atoms with Crippen LogP contribution in [-0.4, -0.2) is 6.10 Å². The molecule has 3 atom stereocenters. The summed E-state index contributed by atoms with van der Waals surface area (Å²) in [7, 11) is 0. The van der Waals surface area contributed by atoms with Crippen molar-refractivity contribution in [3.05, 3.63) is 12.3 Å². The second-order valence-electron chi connectivity index (χ2n) is 5.28. The van der Waals surface area contributed by atoms with E-state index in [1.807, 2.05) is 6.26 Å². The maximum atomic E-state index is 5.89.